The SMILES string of the molecule is CCC[C@H](C(=N)OC(=O)NC)N(C)C(=O)c1ccc(CCNC[C@H](O)c2ccccc2)cc1. The maximum absolute atomic E-state index is 12.9. The summed E-state index contributed by atoms with van der Waals surface area (Å²) in [6.45, 7) is 3.11. The van der Waals surface area contributed by atoms with Crippen LogP contribution in [0.4, 0.5) is 4.79 Å². The molecule has 4 N–H and O–H groups in total. The number of rotatable bonds is 11. The Bertz CT molecular complexity index is 902. The summed E-state index contributed by atoms with van der Waals surface area (Å²) in [6.07, 6.45) is 0.721. The molecule has 0 fully saturated rings. The zero-order valence-electron chi connectivity index (χ0n) is 19.5. The molecule has 8 heteroatoms. The highest BCUT2D eigenvalue weighted by molar-refractivity contribution is 5.98. The van der Waals surface area contributed by atoms with Gasteiger partial charge in [0.2, 0.25) is 5.90 Å². The summed E-state index contributed by atoms with van der Waals surface area (Å²) in [5.74, 6) is -0.498. The molecular formula is C25H34N4O4. The maximum Gasteiger partial charge on any atom is 0.413 e. The van der Waals surface area contributed by atoms with E-state index in [-0.39, 0.29) is 11.8 Å². The maximum atomic E-state index is 12.9. The zero-order chi connectivity index (χ0) is 24.2. The molecule has 2 aromatic carbocycles. The number of hydrogen-bond donors (Lipinski definition) is 4. The molecule has 0 aliphatic carbocycles. The molecule has 0 aliphatic rings. The summed E-state index contributed by atoms with van der Waals surface area (Å²) in [6, 6.07) is 16.2. The van der Waals surface area contributed by atoms with E-state index in [1.807, 2.05) is 49.4 Å². The first kappa shape index (κ1) is 26.0. The number of carbonyl (C=O) groups excluding carboxylic acids is 2. The second kappa shape index (κ2) is 13.3. The first-order valence-electron chi connectivity index (χ1n) is 11.1. The summed E-state index contributed by atoms with van der Waals surface area (Å²) >= 11 is 0. The third kappa shape index (κ3) is 8.00. The van der Waals surface area contributed by atoms with Crippen molar-refractivity contribution in [1.82, 2.24) is 15.5 Å². The van der Waals surface area contributed by atoms with Crippen molar-refractivity contribution in [3.63, 3.8) is 0 Å². The normalized spacial score (nSPS) is 12.5. The minimum atomic E-state index is -0.726. The molecule has 0 radical (unpaired) electrons. The van der Waals surface area contributed by atoms with Crippen molar-refractivity contribution in [3.05, 3.63) is 71.3 Å². The summed E-state index contributed by atoms with van der Waals surface area (Å²) in [5.41, 5.74) is 2.45. The van der Waals surface area contributed by atoms with Gasteiger partial charge in [0.15, 0.2) is 0 Å². The van der Waals surface area contributed by atoms with Gasteiger partial charge in [-0.15, -0.1) is 0 Å². The highest BCUT2D eigenvalue weighted by Gasteiger charge is 2.27. The summed E-state index contributed by atoms with van der Waals surface area (Å²) < 4.78 is 4.96. The molecular weight excluding hydrogens is 420 g/mol. The van der Waals surface area contributed by atoms with Gasteiger partial charge in [-0.1, -0.05) is 55.8 Å². The number of nitrogens with zero attached hydrogens (tertiary/aromatic N) is 1. The van der Waals surface area contributed by atoms with Crippen LogP contribution in [0.2, 0.25) is 0 Å². The minimum absolute atomic E-state index is 0.241. The largest absolute Gasteiger partial charge is 0.413 e. The Morgan fingerprint density at radius 1 is 1.12 bits per heavy atom. The summed E-state index contributed by atoms with van der Waals surface area (Å²) in [7, 11) is 3.03. The predicted molar refractivity (Wildman–Crippen MR) is 128 cm³/mol. The Labute approximate surface area is 195 Å². The number of aliphatic hydroxyl groups is 1. The average molecular weight is 455 g/mol. The standard InChI is InChI=1S/C25H34N4O4/c1-4-8-21(23(26)33-25(32)27-2)29(3)24(31)20-13-11-18(12-14-20)15-16-28-17-22(30)19-9-6-5-7-10-19/h5-7,9-14,21-22,26,28,30H,4,8,15-17H2,1-3H3,(H,27,32)/t21-,22+/m1/s1. The van der Waals surface area contributed by atoms with Crippen LogP contribution in [0.5, 0.6) is 0 Å². The third-order valence-corrected chi connectivity index (χ3v) is 5.37. The minimum Gasteiger partial charge on any atom is -0.394 e. The molecule has 178 valence electrons. The van der Waals surface area contributed by atoms with E-state index < -0.39 is 18.2 Å². The first-order valence-corrected chi connectivity index (χ1v) is 11.1. The number of amides is 2. The van der Waals surface area contributed by atoms with Crippen LogP contribution < -0.4 is 10.6 Å². The van der Waals surface area contributed by atoms with Crippen molar-refractivity contribution in [2.75, 3.05) is 27.2 Å². The second-order valence-electron chi connectivity index (χ2n) is 7.80. The fourth-order valence-corrected chi connectivity index (χ4v) is 3.42. The van der Waals surface area contributed by atoms with Crippen molar-refractivity contribution < 1.29 is 19.4 Å². The predicted octanol–water partition coefficient (Wildman–Crippen LogP) is 3.13. The number of nitrogens with one attached hydrogen (secondary N) is 3. The van der Waals surface area contributed by atoms with Gasteiger partial charge in [-0.2, -0.15) is 0 Å². The van der Waals surface area contributed by atoms with Gasteiger partial charge in [0.05, 0.1) is 6.10 Å². The molecule has 8 nitrogen and oxygen atoms in total. The van der Waals surface area contributed by atoms with Crippen molar-refractivity contribution in [2.45, 2.75) is 38.3 Å². The van der Waals surface area contributed by atoms with Crippen molar-refractivity contribution >= 4 is 17.9 Å². The van der Waals surface area contributed by atoms with Crippen LogP contribution in [0, 0.1) is 5.41 Å². The van der Waals surface area contributed by atoms with Crippen LogP contribution in [0.3, 0.4) is 0 Å². The molecule has 0 unspecified atom stereocenters. The average Bonchev–Trinajstić information content (AvgIpc) is 2.84. The molecule has 2 rings (SSSR count). The third-order valence-electron chi connectivity index (χ3n) is 5.37. The molecule has 2 atom stereocenters. The quantitative estimate of drug-likeness (QED) is 0.237. The number of carbonyl (C=O) groups is 2. The highest BCUT2D eigenvalue weighted by Crippen LogP contribution is 2.14. The van der Waals surface area contributed by atoms with Crippen LogP contribution in [0.1, 0.15) is 47.4 Å². The Morgan fingerprint density at radius 2 is 1.79 bits per heavy atom. The zero-order valence-corrected chi connectivity index (χ0v) is 19.5. The molecule has 0 bridgehead atoms. The first-order chi connectivity index (χ1) is 15.9. The van der Waals surface area contributed by atoms with E-state index >= 15 is 0 Å². The van der Waals surface area contributed by atoms with Gasteiger partial charge in [0, 0.05) is 26.2 Å². The molecule has 0 heterocycles. The number of alkyl carbamates (subject to hydrolysis) is 1. The van der Waals surface area contributed by atoms with Crippen LogP contribution in [0.25, 0.3) is 0 Å². The number of likely N-dealkylation sites (N-methyl/N-ethyl adjacent to an activating group) is 1. The van der Waals surface area contributed by atoms with Crippen LogP contribution >= 0.6 is 0 Å². The van der Waals surface area contributed by atoms with Crippen molar-refractivity contribution in [3.8, 4) is 0 Å². The molecule has 0 aliphatic heterocycles. The topological polar surface area (TPSA) is 115 Å². The molecule has 2 amide bonds. The van der Waals surface area contributed by atoms with Crippen LogP contribution in [0.15, 0.2) is 54.6 Å². The van der Waals surface area contributed by atoms with Crippen molar-refractivity contribution in [1.29, 1.82) is 5.41 Å². The van der Waals surface area contributed by atoms with Crippen molar-refractivity contribution in [2.24, 2.45) is 0 Å². The van der Waals surface area contributed by atoms with Gasteiger partial charge in [0.1, 0.15) is 6.04 Å². The van der Waals surface area contributed by atoms with Crippen LogP contribution in [-0.4, -0.2) is 61.1 Å². The van der Waals surface area contributed by atoms with Gasteiger partial charge < -0.3 is 25.4 Å². The number of benzene rings is 2. The lowest BCUT2D eigenvalue weighted by Gasteiger charge is -2.27. The van der Waals surface area contributed by atoms with E-state index in [0.717, 1.165) is 24.0 Å². The van der Waals surface area contributed by atoms with Gasteiger partial charge in [-0.3, -0.25) is 10.2 Å². The Kier molecular flexibility index (Phi) is 10.5. The van der Waals surface area contributed by atoms with Gasteiger partial charge >= 0.3 is 6.09 Å². The highest BCUT2D eigenvalue weighted by atomic mass is 16.6. The molecule has 33 heavy (non-hydrogen) atoms. The second-order valence-corrected chi connectivity index (χ2v) is 7.80. The molecule has 0 saturated heterocycles. The smallest absolute Gasteiger partial charge is 0.394 e. The van der Waals surface area contributed by atoms with Gasteiger partial charge in [-0.05, 0) is 42.6 Å². The number of aliphatic hydroxyl groups excluding tert-OH is 1. The fraction of sp³-hybridized carbons (Fsp3) is 0.400. The molecule has 0 aromatic heterocycles. The number of hydrogen-bond acceptors (Lipinski definition) is 6. The molecule has 0 saturated carbocycles. The lowest BCUT2D eigenvalue weighted by molar-refractivity contribution is 0.0750. The van der Waals surface area contributed by atoms with E-state index in [2.05, 4.69) is 10.6 Å². The van der Waals surface area contributed by atoms with Crippen LogP contribution in [-0.2, 0) is 11.2 Å². The lowest BCUT2D eigenvalue weighted by Crippen LogP contribution is -2.44. The van der Waals surface area contributed by atoms with E-state index in [9.17, 15) is 14.7 Å². The summed E-state index contributed by atoms with van der Waals surface area (Å²) in [5, 5.41) is 23.8. The molecule has 0 spiro atoms. The number of ether oxygens (including phenoxy) is 1. The monoisotopic (exact) mass is 454 g/mol. The van der Waals surface area contributed by atoms with E-state index in [4.69, 9.17) is 10.1 Å². The lowest BCUT2D eigenvalue weighted by atomic mass is 10.1. The van der Waals surface area contributed by atoms with E-state index in [0.29, 0.717) is 25.1 Å². The Balaban J connectivity index is 1.88. The van der Waals surface area contributed by atoms with Gasteiger partial charge in [-0.25, -0.2) is 4.79 Å². The Morgan fingerprint density at radius 3 is 2.39 bits per heavy atom. The Hall–Kier alpha value is -3.23. The summed E-state index contributed by atoms with van der Waals surface area (Å²) in [4.78, 5) is 25.8. The van der Waals surface area contributed by atoms with Gasteiger partial charge in [0.25, 0.3) is 5.91 Å². The fourth-order valence-electron chi connectivity index (χ4n) is 3.42. The van der Waals surface area contributed by atoms with E-state index in [1.54, 1.807) is 19.2 Å². The van der Waals surface area contributed by atoms with E-state index in [1.165, 1.54) is 11.9 Å². The molecule has 2 aromatic rings.